The van der Waals surface area contributed by atoms with Gasteiger partial charge in [-0.05, 0) is 26.7 Å². The molecule has 0 amide bonds. The van der Waals surface area contributed by atoms with Crippen molar-refractivity contribution in [3.8, 4) is 0 Å². The highest BCUT2D eigenvalue weighted by molar-refractivity contribution is 9.41. The van der Waals surface area contributed by atoms with Gasteiger partial charge in [0, 0.05) is 0 Å². The zero-order chi connectivity index (χ0) is 3.58. The third-order valence-corrected chi connectivity index (χ3v) is 0. The normalized spacial score (nSPS) is 15.8. The first kappa shape index (κ1) is 5.13. The fourth-order valence-electron chi connectivity index (χ4n) is 0. The third kappa shape index (κ3) is 11.1. The van der Waals surface area contributed by atoms with Gasteiger partial charge in [-0.2, -0.15) is 4.20 Å². The first-order valence-corrected chi connectivity index (χ1v) is 4.66. The number of hydrogen-bond acceptors (Lipinski definition) is 0. The lowest BCUT2D eigenvalue weighted by atomic mass is 18.9. The van der Waals surface area contributed by atoms with Gasteiger partial charge < -0.3 is 0 Å². The lowest BCUT2D eigenvalue weighted by molar-refractivity contribution is 0.931. The summed E-state index contributed by atoms with van der Waals surface area (Å²) in [5.74, 6) is 0. The van der Waals surface area contributed by atoms with Gasteiger partial charge in [0.05, 0.1) is 0 Å². The van der Waals surface area contributed by atoms with E-state index in [-0.39, 0.29) is 0 Å². The van der Waals surface area contributed by atoms with Crippen LogP contribution in [0.3, 0.4) is 0 Å². The Balaban J connectivity index is 2.32. The Morgan fingerprint density at radius 3 is 2.00 bits per heavy atom. The molecule has 1 unspecified atom stereocenters. The van der Waals surface area contributed by atoms with Gasteiger partial charge in [0.15, 0.2) is 0 Å². The van der Waals surface area contributed by atoms with Crippen LogP contribution in [0.5, 0.6) is 0 Å². The Hall–Kier alpha value is 1.13. The van der Waals surface area contributed by atoms with E-state index in [4.69, 9.17) is 0 Å². The average molecular weight is 165 g/mol. The van der Waals surface area contributed by atoms with Crippen molar-refractivity contribution in [1.82, 2.24) is 0 Å². The van der Waals surface area contributed by atoms with E-state index in [2.05, 4.69) is 26.7 Å². The molecule has 0 saturated carbocycles. The van der Waals surface area contributed by atoms with Crippen molar-refractivity contribution in [2.24, 2.45) is 0 Å². The zero-order valence-electron chi connectivity index (χ0n) is 1.58. The van der Waals surface area contributed by atoms with Gasteiger partial charge in [-0.15, -0.1) is 0 Å². The van der Waals surface area contributed by atoms with Gasteiger partial charge in [-0.25, -0.2) is 0 Å². The van der Waals surface area contributed by atoms with Crippen molar-refractivity contribution in [1.29, 1.82) is 0 Å². The van der Waals surface area contributed by atoms with Crippen molar-refractivity contribution in [3.63, 3.8) is 0 Å². The lowest BCUT2D eigenvalue weighted by Gasteiger charge is -1.66. The minimum absolute atomic E-state index is 1.84. The fourth-order valence-corrected chi connectivity index (χ4v) is 0. The third-order valence-electron chi connectivity index (χ3n) is 0. The van der Waals surface area contributed by atoms with E-state index < -0.39 is 6.29 Å². The zero-order valence-corrected chi connectivity index (χ0v) is 4.82. The van der Waals surface area contributed by atoms with Crippen molar-refractivity contribution >= 4 is 33.0 Å². The van der Waals surface area contributed by atoms with Crippen LogP contribution in [0.25, 0.3) is 0 Å². The molecule has 0 aliphatic heterocycles. The van der Waals surface area contributed by atoms with Gasteiger partial charge in [0.25, 0.3) is 0 Å². The highest BCUT2D eigenvalue weighted by Crippen LogP contribution is 2.50. The minimum atomic E-state index is -1.84. The molecule has 0 saturated heterocycles. The second kappa shape index (κ2) is 2.37. The summed E-state index contributed by atoms with van der Waals surface area (Å²) in [7, 11) is 0. The van der Waals surface area contributed by atoms with Crippen LogP contribution < -0.4 is 0 Å². The molecule has 0 heterocycles. The predicted molar refractivity (Wildman–Crippen MR) is 22.8 cm³/mol. The molecule has 0 aromatic carbocycles. The molecule has 0 nitrogen and oxygen atoms in total. The van der Waals surface area contributed by atoms with Crippen molar-refractivity contribution < 1.29 is 4.20 Å². The summed E-state index contributed by atoms with van der Waals surface area (Å²) in [6.07, 6.45) is -1.84. The lowest BCUT2D eigenvalue weighted by Crippen LogP contribution is -0.988. The van der Waals surface area contributed by atoms with Crippen LogP contribution in [0.15, 0.2) is 0 Å². The Labute approximate surface area is 37.7 Å². The van der Waals surface area contributed by atoms with Crippen molar-refractivity contribution in [2.45, 2.75) is 0 Å². The summed E-state index contributed by atoms with van der Waals surface area (Å²) in [4.78, 5) is 0. The van der Waals surface area contributed by atoms with E-state index in [0.717, 1.165) is 0 Å². The molecular weight excluding hydrogens is 165 g/mol. The molecule has 0 spiro atoms. The van der Waals surface area contributed by atoms with Gasteiger partial charge in [-0.3, -0.25) is 0 Å². The topological polar surface area (TPSA) is 0 Å². The molecule has 0 aliphatic carbocycles. The number of hydrogen-bond donors (Lipinski definition) is 0. The molecule has 0 aromatic heterocycles. The van der Waals surface area contributed by atoms with E-state index in [1.54, 1.807) is 0 Å². The Kier molecular flexibility index (Phi) is 3.04. The average Bonchev–Trinajstić information content (AvgIpc) is 0.811. The summed E-state index contributed by atoms with van der Waals surface area (Å²) in [6.45, 7) is 0. The van der Waals surface area contributed by atoms with Crippen LogP contribution in [0.1, 0.15) is 0 Å². The minimum Gasteiger partial charge on any atom is -0.196 e. The number of halogens is 3. The molecular formula is BrClFP. The highest BCUT2D eigenvalue weighted by atomic mass is 79.9. The molecule has 4 heavy (non-hydrogen) atoms. The van der Waals surface area contributed by atoms with E-state index in [1.807, 2.05) is 0 Å². The van der Waals surface area contributed by atoms with Gasteiger partial charge in [0.1, 0.15) is 0 Å². The molecule has 0 aliphatic rings. The van der Waals surface area contributed by atoms with Crippen LogP contribution in [0, 0.1) is 0 Å². The summed E-state index contributed by atoms with van der Waals surface area (Å²) in [5, 5.41) is 0. The van der Waals surface area contributed by atoms with Gasteiger partial charge >= 0.3 is 0 Å². The second-order valence-electron chi connectivity index (χ2n) is 0.192. The molecule has 0 rings (SSSR count). The standard InChI is InChI=1S/BrClFP/c1-4(2)3. The maximum Gasteiger partial charge on any atom is 0.246 e. The summed E-state index contributed by atoms with van der Waals surface area (Å²) >= 11 is 7.02. The van der Waals surface area contributed by atoms with E-state index >= 15 is 0 Å². The molecule has 4 heteroatoms. The molecule has 0 aromatic rings. The van der Waals surface area contributed by atoms with Crippen LogP contribution in [-0.4, -0.2) is 0 Å². The fraction of sp³-hybridized carbons (Fsp3) is 0. The quantitative estimate of drug-likeness (QED) is 0.484. The largest absolute Gasteiger partial charge is 0.246 e. The first-order chi connectivity index (χ1) is 1.73. The second-order valence-corrected chi connectivity index (χ2v) is 4.56. The summed E-state index contributed by atoms with van der Waals surface area (Å²) in [6, 6.07) is 0. The van der Waals surface area contributed by atoms with Crippen molar-refractivity contribution in [2.75, 3.05) is 0 Å². The maximum absolute atomic E-state index is 10.7. The first-order valence-electron chi connectivity index (χ1n) is 0.507. The van der Waals surface area contributed by atoms with Crippen LogP contribution in [-0.2, 0) is 0 Å². The van der Waals surface area contributed by atoms with Crippen LogP contribution >= 0.6 is 33.0 Å². The molecule has 0 radical (unpaired) electrons. The Morgan fingerprint density at radius 2 is 2.00 bits per heavy atom. The molecule has 0 bridgehead atoms. The van der Waals surface area contributed by atoms with Gasteiger partial charge in [-0.1, -0.05) is 0 Å². The molecule has 0 fully saturated rings. The van der Waals surface area contributed by atoms with Crippen LogP contribution in [0.4, 0.5) is 4.20 Å². The SMILES string of the molecule is FP(Cl)Br. The Morgan fingerprint density at radius 1 is 2.00 bits per heavy atom. The van der Waals surface area contributed by atoms with E-state index in [0.29, 0.717) is 0 Å². The summed E-state index contributed by atoms with van der Waals surface area (Å²) in [5.41, 5.74) is 0. The van der Waals surface area contributed by atoms with E-state index in [1.165, 1.54) is 0 Å². The monoisotopic (exact) mass is 164 g/mol. The highest BCUT2D eigenvalue weighted by Gasteiger charge is 1.82. The van der Waals surface area contributed by atoms with E-state index in [9.17, 15) is 4.20 Å². The molecule has 26 valence electrons. The molecule has 1 atom stereocenters. The van der Waals surface area contributed by atoms with Crippen molar-refractivity contribution in [3.05, 3.63) is 0 Å². The maximum atomic E-state index is 10.7. The number of rotatable bonds is 0. The molecule has 0 N–H and O–H groups in total. The Bertz CT molecular complexity index is 12.8. The van der Waals surface area contributed by atoms with Crippen LogP contribution in [0.2, 0.25) is 0 Å². The predicted octanol–water partition coefficient (Wildman–Crippen LogP) is 2.82. The smallest absolute Gasteiger partial charge is 0.196 e. The van der Waals surface area contributed by atoms with Gasteiger partial charge in [0.2, 0.25) is 6.29 Å². The summed E-state index contributed by atoms with van der Waals surface area (Å²) < 4.78 is 10.7.